The monoisotopic (exact) mass is 280 g/mol. The Morgan fingerprint density at radius 2 is 2.06 bits per heavy atom. The summed E-state index contributed by atoms with van der Waals surface area (Å²) in [7, 11) is 2.12. The van der Waals surface area contributed by atoms with Gasteiger partial charge >= 0.3 is 0 Å². The first-order valence-corrected chi connectivity index (χ1v) is 5.77. The van der Waals surface area contributed by atoms with Crippen LogP contribution < -0.4 is 5.32 Å². The summed E-state index contributed by atoms with van der Waals surface area (Å²) in [6, 6.07) is 6.31. The van der Waals surface area contributed by atoms with Crippen molar-refractivity contribution in [3.8, 4) is 0 Å². The molecule has 16 heavy (non-hydrogen) atoms. The zero-order chi connectivity index (χ0) is 10.8. The molecule has 0 unspecified atom stereocenters. The standard InChI is InChI=1S/C11H14Cl2N2.ClH/c1-15(10-5-14-6-10)7-8-2-3-9(12)4-11(8)13;/h2-4,10,14H,5-7H2,1H3;1H. The average Bonchev–Trinajstić information content (AvgIpc) is 2.07. The maximum Gasteiger partial charge on any atom is 0.0465 e. The fraction of sp³-hybridized carbons (Fsp3) is 0.455. The third-order valence-electron chi connectivity index (χ3n) is 2.82. The molecule has 1 aromatic carbocycles. The Hall–Kier alpha value is 0.01000. The van der Waals surface area contributed by atoms with E-state index in [0.29, 0.717) is 11.1 Å². The average molecular weight is 282 g/mol. The van der Waals surface area contributed by atoms with Gasteiger partial charge in [0, 0.05) is 35.7 Å². The number of halogens is 3. The molecule has 0 spiro atoms. The second-order valence-electron chi connectivity index (χ2n) is 3.96. The number of nitrogens with zero attached hydrogens (tertiary/aromatic N) is 1. The Kier molecular flexibility index (Phi) is 5.35. The number of hydrogen-bond donors (Lipinski definition) is 1. The lowest BCUT2D eigenvalue weighted by Crippen LogP contribution is -2.55. The molecule has 1 aliphatic rings. The molecule has 5 heteroatoms. The highest BCUT2D eigenvalue weighted by molar-refractivity contribution is 6.35. The Bertz CT molecular complexity index is 353. The van der Waals surface area contributed by atoms with Crippen LogP contribution >= 0.6 is 35.6 Å². The van der Waals surface area contributed by atoms with Gasteiger partial charge in [0.15, 0.2) is 0 Å². The van der Waals surface area contributed by atoms with Crippen LogP contribution in [-0.2, 0) is 6.54 Å². The van der Waals surface area contributed by atoms with Gasteiger partial charge in [0.2, 0.25) is 0 Å². The van der Waals surface area contributed by atoms with Crippen LogP contribution in [0.2, 0.25) is 10.0 Å². The summed E-state index contributed by atoms with van der Waals surface area (Å²) < 4.78 is 0. The van der Waals surface area contributed by atoms with Crippen LogP contribution in [0.25, 0.3) is 0 Å². The number of hydrogen-bond acceptors (Lipinski definition) is 2. The summed E-state index contributed by atoms with van der Waals surface area (Å²) in [5.41, 5.74) is 1.13. The highest BCUT2D eigenvalue weighted by Gasteiger charge is 2.21. The van der Waals surface area contributed by atoms with Gasteiger partial charge in [-0.1, -0.05) is 29.3 Å². The molecule has 1 aromatic rings. The quantitative estimate of drug-likeness (QED) is 0.916. The third-order valence-corrected chi connectivity index (χ3v) is 3.41. The number of benzene rings is 1. The van der Waals surface area contributed by atoms with Crippen molar-refractivity contribution in [3.63, 3.8) is 0 Å². The Balaban J connectivity index is 0.00000128. The van der Waals surface area contributed by atoms with Crippen LogP contribution in [0.15, 0.2) is 18.2 Å². The molecule has 0 atom stereocenters. The van der Waals surface area contributed by atoms with Gasteiger partial charge in [-0.15, -0.1) is 12.4 Å². The van der Waals surface area contributed by atoms with E-state index in [-0.39, 0.29) is 12.4 Å². The van der Waals surface area contributed by atoms with Crippen molar-refractivity contribution in [1.29, 1.82) is 0 Å². The van der Waals surface area contributed by atoms with Crippen molar-refractivity contribution >= 4 is 35.6 Å². The van der Waals surface area contributed by atoms with Crippen molar-refractivity contribution in [2.45, 2.75) is 12.6 Å². The molecule has 0 radical (unpaired) electrons. The van der Waals surface area contributed by atoms with E-state index in [9.17, 15) is 0 Å². The van der Waals surface area contributed by atoms with Crippen molar-refractivity contribution in [2.24, 2.45) is 0 Å². The number of likely N-dealkylation sites (N-methyl/N-ethyl adjacent to an activating group) is 1. The minimum absolute atomic E-state index is 0. The highest BCUT2D eigenvalue weighted by Crippen LogP contribution is 2.22. The van der Waals surface area contributed by atoms with Crippen molar-refractivity contribution < 1.29 is 0 Å². The molecule has 0 aromatic heterocycles. The second-order valence-corrected chi connectivity index (χ2v) is 4.81. The van der Waals surface area contributed by atoms with Gasteiger partial charge in [-0.05, 0) is 24.7 Å². The van der Waals surface area contributed by atoms with Crippen LogP contribution in [0.4, 0.5) is 0 Å². The molecule has 0 amide bonds. The maximum absolute atomic E-state index is 6.11. The molecular weight excluding hydrogens is 266 g/mol. The second kappa shape index (κ2) is 6.08. The van der Waals surface area contributed by atoms with E-state index >= 15 is 0 Å². The highest BCUT2D eigenvalue weighted by atomic mass is 35.5. The van der Waals surface area contributed by atoms with Crippen LogP contribution in [0, 0.1) is 0 Å². The van der Waals surface area contributed by atoms with Gasteiger partial charge in [0.1, 0.15) is 0 Å². The van der Waals surface area contributed by atoms with Gasteiger partial charge in [0.05, 0.1) is 0 Å². The van der Waals surface area contributed by atoms with E-state index in [1.54, 1.807) is 6.07 Å². The molecule has 2 nitrogen and oxygen atoms in total. The summed E-state index contributed by atoms with van der Waals surface area (Å²) in [5.74, 6) is 0. The van der Waals surface area contributed by atoms with E-state index < -0.39 is 0 Å². The van der Waals surface area contributed by atoms with Crippen LogP contribution in [0.1, 0.15) is 5.56 Å². The van der Waals surface area contributed by atoms with Crippen LogP contribution in [0.3, 0.4) is 0 Å². The minimum Gasteiger partial charge on any atom is -0.314 e. The summed E-state index contributed by atoms with van der Waals surface area (Å²) in [4.78, 5) is 2.31. The lowest BCUT2D eigenvalue weighted by Gasteiger charge is -2.35. The molecule has 0 bridgehead atoms. The molecule has 1 heterocycles. The third kappa shape index (κ3) is 3.25. The zero-order valence-electron chi connectivity index (χ0n) is 9.04. The summed E-state index contributed by atoms with van der Waals surface area (Å²) >= 11 is 12.0. The first-order valence-electron chi connectivity index (χ1n) is 5.01. The van der Waals surface area contributed by atoms with Crippen LogP contribution in [-0.4, -0.2) is 31.1 Å². The summed E-state index contributed by atoms with van der Waals surface area (Å²) in [6.07, 6.45) is 0. The lowest BCUT2D eigenvalue weighted by atomic mass is 10.1. The number of rotatable bonds is 3. The predicted octanol–water partition coefficient (Wildman–Crippen LogP) is 2.82. The predicted molar refractivity (Wildman–Crippen MR) is 71.8 cm³/mol. The molecule has 90 valence electrons. The first kappa shape index (κ1) is 14.1. The molecule has 1 N–H and O–H groups in total. The van der Waals surface area contributed by atoms with Gasteiger partial charge in [-0.25, -0.2) is 0 Å². The molecule has 1 aliphatic heterocycles. The van der Waals surface area contributed by atoms with Crippen molar-refractivity contribution in [2.75, 3.05) is 20.1 Å². The number of nitrogens with one attached hydrogen (secondary N) is 1. The van der Waals surface area contributed by atoms with E-state index in [2.05, 4.69) is 17.3 Å². The van der Waals surface area contributed by atoms with E-state index in [4.69, 9.17) is 23.2 Å². The molecule has 1 fully saturated rings. The van der Waals surface area contributed by atoms with Crippen molar-refractivity contribution in [3.05, 3.63) is 33.8 Å². The van der Waals surface area contributed by atoms with E-state index in [1.165, 1.54) is 0 Å². The molecule has 0 saturated carbocycles. The lowest BCUT2D eigenvalue weighted by molar-refractivity contribution is 0.173. The fourth-order valence-corrected chi connectivity index (χ4v) is 2.10. The van der Waals surface area contributed by atoms with Crippen molar-refractivity contribution in [1.82, 2.24) is 10.2 Å². The molecule has 0 aliphatic carbocycles. The van der Waals surface area contributed by atoms with E-state index in [1.807, 2.05) is 12.1 Å². The minimum atomic E-state index is 0. The van der Waals surface area contributed by atoms with Gasteiger partial charge in [-0.3, -0.25) is 4.90 Å². The largest absolute Gasteiger partial charge is 0.314 e. The molecule has 2 rings (SSSR count). The molecule has 1 saturated heterocycles. The SMILES string of the molecule is CN(Cc1ccc(Cl)cc1Cl)C1CNC1.Cl. The Morgan fingerprint density at radius 3 is 2.56 bits per heavy atom. The van der Waals surface area contributed by atoms with Gasteiger partial charge < -0.3 is 5.32 Å². The molecular formula is C11H15Cl3N2. The normalized spacial score (nSPS) is 15.8. The maximum atomic E-state index is 6.11. The topological polar surface area (TPSA) is 15.3 Å². The Morgan fingerprint density at radius 1 is 1.38 bits per heavy atom. The smallest absolute Gasteiger partial charge is 0.0465 e. The first-order chi connectivity index (χ1) is 7.16. The van der Waals surface area contributed by atoms with Gasteiger partial charge in [-0.2, -0.15) is 0 Å². The summed E-state index contributed by atoms with van der Waals surface area (Å²) in [5, 5.41) is 4.70. The zero-order valence-corrected chi connectivity index (χ0v) is 11.4. The van der Waals surface area contributed by atoms with Crippen LogP contribution in [0.5, 0.6) is 0 Å². The van der Waals surface area contributed by atoms with Gasteiger partial charge in [0.25, 0.3) is 0 Å². The fourth-order valence-electron chi connectivity index (χ4n) is 1.63. The van der Waals surface area contributed by atoms with E-state index in [0.717, 1.165) is 30.2 Å². The Labute approximate surface area is 112 Å². The summed E-state index contributed by atoms with van der Waals surface area (Å²) in [6.45, 7) is 3.02.